The molecule has 3 heterocycles. The molecule has 2 aliphatic carbocycles. The van der Waals surface area contributed by atoms with Gasteiger partial charge in [0.2, 0.25) is 5.91 Å². The predicted molar refractivity (Wildman–Crippen MR) is 136 cm³/mol. The second-order valence-corrected chi connectivity index (χ2v) is 9.91. The van der Waals surface area contributed by atoms with Crippen LogP contribution in [0.15, 0.2) is 24.9 Å². The van der Waals surface area contributed by atoms with Gasteiger partial charge in [0.25, 0.3) is 0 Å². The molecular weight excluding hydrogens is 452 g/mol. The van der Waals surface area contributed by atoms with Gasteiger partial charge in [0.1, 0.15) is 18.0 Å². The van der Waals surface area contributed by atoms with Crippen molar-refractivity contribution in [2.45, 2.75) is 50.5 Å². The molecule has 184 valence electrons. The van der Waals surface area contributed by atoms with E-state index in [1.54, 1.807) is 12.3 Å². The maximum Gasteiger partial charge on any atom is 0.223 e. The number of carbonyl (C=O) groups excluding carboxylic acids is 1. The van der Waals surface area contributed by atoms with E-state index in [4.69, 9.17) is 10.1 Å². The number of amides is 1. The van der Waals surface area contributed by atoms with E-state index >= 15 is 0 Å². The molecule has 3 fully saturated rings. The van der Waals surface area contributed by atoms with Gasteiger partial charge in [0, 0.05) is 55.9 Å². The Bertz CT molecular complexity index is 1270. The lowest BCUT2D eigenvalue weighted by atomic mass is 9.95. The van der Waals surface area contributed by atoms with Crippen molar-refractivity contribution in [3.63, 3.8) is 0 Å². The molecule has 3 aliphatic rings. The molecule has 0 aromatic carbocycles. The molecule has 1 N–H and O–H groups in total. The van der Waals surface area contributed by atoms with Gasteiger partial charge in [0.15, 0.2) is 0 Å². The minimum atomic E-state index is 0.0187. The number of pyridine rings is 2. The van der Waals surface area contributed by atoms with Gasteiger partial charge in [-0.3, -0.25) is 9.78 Å². The van der Waals surface area contributed by atoms with Crippen molar-refractivity contribution in [2.75, 3.05) is 31.1 Å². The van der Waals surface area contributed by atoms with Crippen LogP contribution in [0.1, 0.15) is 67.0 Å². The van der Waals surface area contributed by atoms with E-state index in [9.17, 15) is 15.3 Å². The Hall–Kier alpha value is -3.75. The first-order valence-corrected chi connectivity index (χ1v) is 12.7. The first kappa shape index (κ1) is 24.0. The zero-order valence-corrected chi connectivity index (χ0v) is 20.4. The third kappa shape index (κ3) is 4.69. The Morgan fingerprint density at radius 1 is 1.14 bits per heavy atom. The van der Waals surface area contributed by atoms with Crippen LogP contribution < -0.4 is 4.90 Å². The Morgan fingerprint density at radius 2 is 1.92 bits per heavy atom. The summed E-state index contributed by atoms with van der Waals surface area (Å²) in [6.07, 6.45) is 8.33. The molecule has 1 saturated heterocycles. The quantitative estimate of drug-likeness (QED) is 0.611. The summed E-state index contributed by atoms with van der Waals surface area (Å²) in [4.78, 5) is 26.3. The van der Waals surface area contributed by atoms with E-state index in [-0.39, 0.29) is 18.6 Å². The van der Waals surface area contributed by atoms with Crippen LogP contribution in [0, 0.1) is 28.6 Å². The number of nitrogens with zero attached hydrogens (tertiary/aromatic N) is 6. The Balaban J connectivity index is 1.51. The highest BCUT2D eigenvalue weighted by molar-refractivity contribution is 5.79. The minimum Gasteiger partial charge on any atom is -0.396 e. The van der Waals surface area contributed by atoms with Crippen molar-refractivity contribution in [1.29, 1.82) is 10.5 Å². The Kier molecular flexibility index (Phi) is 6.71. The third-order valence-electron chi connectivity index (χ3n) is 7.41. The molecule has 5 rings (SSSR count). The monoisotopic (exact) mass is 482 g/mol. The van der Waals surface area contributed by atoms with Crippen LogP contribution in [-0.2, 0) is 4.79 Å². The number of aromatic nitrogens is 2. The van der Waals surface area contributed by atoms with Crippen molar-refractivity contribution in [3.05, 3.63) is 47.4 Å². The van der Waals surface area contributed by atoms with Crippen LogP contribution >= 0.6 is 0 Å². The number of hydrogen-bond donors (Lipinski definition) is 1. The van der Waals surface area contributed by atoms with Crippen LogP contribution in [0.3, 0.4) is 0 Å². The van der Waals surface area contributed by atoms with Gasteiger partial charge in [-0.1, -0.05) is 6.58 Å². The number of hydrogen-bond acceptors (Lipinski definition) is 7. The number of nitriles is 2. The van der Waals surface area contributed by atoms with Crippen molar-refractivity contribution in [2.24, 2.45) is 5.92 Å². The van der Waals surface area contributed by atoms with Crippen molar-refractivity contribution < 1.29 is 9.90 Å². The summed E-state index contributed by atoms with van der Waals surface area (Å²) >= 11 is 0. The smallest absolute Gasteiger partial charge is 0.223 e. The maximum atomic E-state index is 12.8. The summed E-state index contributed by atoms with van der Waals surface area (Å²) in [5, 5.41) is 29.0. The average molecular weight is 483 g/mol. The van der Waals surface area contributed by atoms with Crippen LogP contribution in [0.5, 0.6) is 0 Å². The van der Waals surface area contributed by atoms with Gasteiger partial charge in [-0.05, 0) is 56.2 Å². The van der Waals surface area contributed by atoms with Crippen molar-refractivity contribution >= 4 is 17.8 Å². The lowest BCUT2D eigenvalue weighted by Gasteiger charge is -2.42. The number of anilines is 1. The standard InChI is InChI=1S/C28H30N6O2/c1-2-22-13-23(21(15-30)16-31-22)24-12-20(14-29)28(32-27(24)19-7-8-19)33-9-10-34(26(36)4-3-11-35)25(17-33)18-5-6-18/h2,12-13,16,18-19,25,35H,1,3-11,17H2. The average Bonchev–Trinajstić information content (AvgIpc) is 3.84. The van der Waals surface area contributed by atoms with Gasteiger partial charge in [-0.15, -0.1) is 0 Å². The Morgan fingerprint density at radius 3 is 2.56 bits per heavy atom. The molecule has 1 unspecified atom stereocenters. The fourth-order valence-corrected chi connectivity index (χ4v) is 5.19. The third-order valence-corrected chi connectivity index (χ3v) is 7.41. The van der Waals surface area contributed by atoms with E-state index < -0.39 is 0 Å². The molecule has 1 aliphatic heterocycles. The van der Waals surface area contributed by atoms with E-state index in [1.807, 2.05) is 17.0 Å². The molecule has 0 spiro atoms. The topological polar surface area (TPSA) is 117 Å². The molecule has 1 amide bonds. The highest BCUT2D eigenvalue weighted by Crippen LogP contribution is 2.46. The molecule has 2 aromatic rings. The summed E-state index contributed by atoms with van der Waals surface area (Å²) in [5.41, 5.74) is 4.06. The number of rotatable bonds is 8. The molecular formula is C28H30N6O2. The summed E-state index contributed by atoms with van der Waals surface area (Å²) in [7, 11) is 0. The summed E-state index contributed by atoms with van der Waals surface area (Å²) in [6.45, 7) is 5.67. The lowest BCUT2D eigenvalue weighted by molar-refractivity contribution is -0.134. The zero-order valence-electron chi connectivity index (χ0n) is 20.4. The first-order chi connectivity index (χ1) is 17.6. The van der Waals surface area contributed by atoms with E-state index in [0.29, 0.717) is 67.0 Å². The minimum absolute atomic E-state index is 0.0187. The largest absolute Gasteiger partial charge is 0.396 e. The second-order valence-electron chi connectivity index (χ2n) is 9.91. The van der Waals surface area contributed by atoms with Crippen LogP contribution in [-0.4, -0.2) is 58.2 Å². The summed E-state index contributed by atoms with van der Waals surface area (Å²) in [5.74, 6) is 1.56. The van der Waals surface area contributed by atoms with Crippen LogP contribution in [0.2, 0.25) is 0 Å². The SMILES string of the molecule is C=Cc1cc(-c2cc(C#N)c(N3CCN(C(=O)CCCO)C(C4CC4)C3)nc2C2CC2)c(C#N)cn1. The van der Waals surface area contributed by atoms with Crippen LogP contribution in [0.25, 0.3) is 17.2 Å². The molecule has 2 saturated carbocycles. The molecule has 0 radical (unpaired) electrons. The number of carbonyl (C=O) groups is 1. The molecule has 8 heteroatoms. The maximum absolute atomic E-state index is 12.8. The second kappa shape index (κ2) is 10.1. The normalized spacial score (nSPS) is 19.5. The fraction of sp³-hybridized carbons (Fsp3) is 0.464. The molecule has 0 bridgehead atoms. The van der Waals surface area contributed by atoms with E-state index in [1.165, 1.54) is 0 Å². The van der Waals surface area contributed by atoms with Gasteiger partial charge < -0.3 is 14.9 Å². The summed E-state index contributed by atoms with van der Waals surface area (Å²) < 4.78 is 0. The van der Waals surface area contributed by atoms with Gasteiger partial charge >= 0.3 is 0 Å². The number of aliphatic hydroxyl groups is 1. The van der Waals surface area contributed by atoms with Crippen LogP contribution in [0.4, 0.5) is 5.82 Å². The lowest BCUT2D eigenvalue weighted by Crippen LogP contribution is -2.56. The highest BCUT2D eigenvalue weighted by Gasteiger charge is 2.41. The van der Waals surface area contributed by atoms with Gasteiger partial charge in [-0.25, -0.2) is 4.98 Å². The molecule has 2 aromatic heterocycles. The fourth-order valence-electron chi connectivity index (χ4n) is 5.19. The number of piperazine rings is 1. The molecule has 36 heavy (non-hydrogen) atoms. The Labute approximate surface area is 211 Å². The first-order valence-electron chi connectivity index (χ1n) is 12.7. The van der Waals surface area contributed by atoms with Gasteiger partial charge in [-0.2, -0.15) is 10.5 Å². The molecule has 8 nitrogen and oxygen atoms in total. The number of aliphatic hydroxyl groups excluding tert-OH is 1. The van der Waals surface area contributed by atoms with Crippen molar-refractivity contribution in [1.82, 2.24) is 14.9 Å². The van der Waals surface area contributed by atoms with E-state index in [0.717, 1.165) is 42.5 Å². The molecule has 1 atom stereocenters. The highest BCUT2D eigenvalue weighted by atomic mass is 16.3. The summed E-state index contributed by atoms with van der Waals surface area (Å²) in [6, 6.07) is 8.40. The van der Waals surface area contributed by atoms with E-state index in [2.05, 4.69) is 28.6 Å². The van der Waals surface area contributed by atoms with Gasteiger partial charge in [0.05, 0.1) is 28.6 Å². The zero-order chi connectivity index (χ0) is 25.2. The van der Waals surface area contributed by atoms with Crippen molar-refractivity contribution in [3.8, 4) is 23.3 Å². The predicted octanol–water partition coefficient (Wildman–Crippen LogP) is 3.61.